The third-order valence-corrected chi connectivity index (χ3v) is 9.21. The van der Waals surface area contributed by atoms with E-state index in [-0.39, 0.29) is 24.3 Å². The second kappa shape index (κ2) is 13.0. The maximum atomic E-state index is 12.5. The van der Waals surface area contributed by atoms with E-state index in [2.05, 4.69) is 19.6 Å². The van der Waals surface area contributed by atoms with Gasteiger partial charge in [-0.3, -0.25) is 19.4 Å². The number of piperazine rings is 2. The monoisotopic (exact) mass is 618 g/mol. The molecule has 44 heavy (non-hydrogen) atoms. The van der Waals surface area contributed by atoms with Crippen LogP contribution >= 0.6 is 0 Å². The van der Waals surface area contributed by atoms with Gasteiger partial charge in [-0.25, -0.2) is 9.59 Å². The van der Waals surface area contributed by atoms with Gasteiger partial charge in [0.25, 0.3) is 0 Å². The quantitative estimate of drug-likeness (QED) is 0.474. The molecule has 12 heteroatoms. The third-order valence-electron chi connectivity index (χ3n) is 9.21. The molecule has 0 aromatic heterocycles. The largest absolute Gasteiger partial charge is 0.444 e. The van der Waals surface area contributed by atoms with Crippen LogP contribution in [0, 0.1) is 0 Å². The first kappa shape index (κ1) is 32.8. The van der Waals surface area contributed by atoms with Crippen molar-refractivity contribution in [1.82, 2.24) is 29.4 Å². The standard InChI is InChI=1S/2C16H27N3O3/c2*1-16(2,3)22-15(21)18-10-8-17(9-11-18)13-6-7-19(14(13)20)12-4-5-12/h2*12-13H,4-11H2,1-3H3/t2*13-/m10/s1. The molecule has 12 nitrogen and oxygen atoms in total. The summed E-state index contributed by atoms with van der Waals surface area (Å²) in [6, 6.07) is 1.09. The molecule has 4 aliphatic heterocycles. The van der Waals surface area contributed by atoms with Gasteiger partial charge in [0.05, 0.1) is 12.1 Å². The lowest BCUT2D eigenvalue weighted by Gasteiger charge is -2.37. The first-order chi connectivity index (χ1) is 20.7. The predicted octanol–water partition coefficient (Wildman–Crippen LogP) is 2.60. The Hall–Kier alpha value is -2.60. The molecule has 248 valence electrons. The maximum Gasteiger partial charge on any atom is 0.410 e. The van der Waals surface area contributed by atoms with Gasteiger partial charge in [0.15, 0.2) is 0 Å². The highest BCUT2D eigenvalue weighted by Gasteiger charge is 2.45. The van der Waals surface area contributed by atoms with E-state index in [1.165, 1.54) is 25.7 Å². The summed E-state index contributed by atoms with van der Waals surface area (Å²) in [5.41, 5.74) is -0.916. The highest BCUT2D eigenvalue weighted by molar-refractivity contribution is 5.85. The number of hydrogen-bond acceptors (Lipinski definition) is 8. The molecule has 4 amide bonds. The Balaban J connectivity index is 0.000000175. The Kier molecular flexibility index (Phi) is 9.70. The topological polar surface area (TPSA) is 106 Å². The van der Waals surface area contributed by atoms with Crippen LogP contribution in [0.4, 0.5) is 9.59 Å². The van der Waals surface area contributed by atoms with Crippen molar-refractivity contribution in [2.24, 2.45) is 0 Å². The Labute approximate surface area is 262 Å². The van der Waals surface area contributed by atoms with Gasteiger partial charge in [-0.05, 0) is 80.1 Å². The average Bonchev–Trinajstić information content (AvgIpc) is 3.89. The van der Waals surface area contributed by atoms with Gasteiger partial charge in [0.2, 0.25) is 11.8 Å². The number of amides is 4. The van der Waals surface area contributed by atoms with Gasteiger partial charge in [-0.15, -0.1) is 0 Å². The van der Waals surface area contributed by atoms with Crippen LogP contribution in [0.25, 0.3) is 0 Å². The molecule has 0 spiro atoms. The van der Waals surface area contributed by atoms with E-state index in [0.717, 1.165) is 52.1 Å². The van der Waals surface area contributed by atoms with Crippen molar-refractivity contribution < 1.29 is 28.7 Å². The van der Waals surface area contributed by atoms with Crippen LogP contribution in [0.15, 0.2) is 0 Å². The molecular weight excluding hydrogens is 564 g/mol. The van der Waals surface area contributed by atoms with E-state index in [4.69, 9.17) is 9.47 Å². The van der Waals surface area contributed by atoms with Gasteiger partial charge in [0, 0.05) is 77.5 Å². The molecule has 2 aliphatic carbocycles. The van der Waals surface area contributed by atoms with E-state index in [1.54, 1.807) is 9.80 Å². The number of rotatable bonds is 4. The summed E-state index contributed by atoms with van der Waals surface area (Å²) in [6.07, 6.45) is 6.06. The summed E-state index contributed by atoms with van der Waals surface area (Å²) in [6.45, 7) is 18.7. The Morgan fingerprint density at radius 3 is 1.11 bits per heavy atom. The van der Waals surface area contributed by atoms with Gasteiger partial charge in [0.1, 0.15) is 11.2 Å². The van der Waals surface area contributed by atoms with Crippen LogP contribution < -0.4 is 0 Å². The SMILES string of the molecule is CC(C)(C)OC(=O)N1CCN([C@@H]2CCN(C3CC3)C2=O)CC1.CC(C)(C)OC(=O)N1CCN([C@H]2CCN(C3CC3)C2=O)CC1. The van der Waals surface area contributed by atoms with Crippen molar-refractivity contribution in [2.75, 3.05) is 65.4 Å². The minimum atomic E-state index is -0.458. The molecule has 0 aromatic carbocycles. The smallest absolute Gasteiger partial charge is 0.410 e. The third kappa shape index (κ3) is 8.35. The zero-order valence-electron chi connectivity index (χ0n) is 27.8. The van der Waals surface area contributed by atoms with E-state index in [0.29, 0.717) is 50.1 Å². The molecule has 4 heterocycles. The van der Waals surface area contributed by atoms with E-state index >= 15 is 0 Å². The molecule has 2 saturated carbocycles. The molecule has 0 bridgehead atoms. The second-order valence-electron chi connectivity index (χ2n) is 15.1. The Morgan fingerprint density at radius 1 is 0.523 bits per heavy atom. The zero-order chi connectivity index (χ0) is 31.8. The average molecular weight is 619 g/mol. The highest BCUT2D eigenvalue weighted by atomic mass is 16.6. The number of hydrogen-bond donors (Lipinski definition) is 0. The number of nitrogens with zero attached hydrogens (tertiary/aromatic N) is 6. The Morgan fingerprint density at radius 2 is 0.841 bits per heavy atom. The van der Waals surface area contributed by atoms with Crippen LogP contribution in [0.3, 0.4) is 0 Å². The lowest BCUT2D eigenvalue weighted by molar-refractivity contribution is -0.133. The van der Waals surface area contributed by atoms with E-state index in [1.807, 2.05) is 41.5 Å². The molecule has 0 aromatic rings. The summed E-state index contributed by atoms with van der Waals surface area (Å²) in [4.78, 5) is 61.2. The molecule has 6 aliphatic rings. The van der Waals surface area contributed by atoms with Crippen LogP contribution in [0.2, 0.25) is 0 Å². The summed E-state index contributed by atoms with van der Waals surface area (Å²) < 4.78 is 10.8. The number of likely N-dealkylation sites (tertiary alicyclic amines) is 2. The fraction of sp³-hybridized carbons (Fsp3) is 0.875. The molecule has 0 radical (unpaired) electrons. The van der Waals surface area contributed by atoms with Crippen LogP contribution in [-0.2, 0) is 19.1 Å². The van der Waals surface area contributed by atoms with Gasteiger partial charge in [-0.2, -0.15) is 0 Å². The van der Waals surface area contributed by atoms with Crippen molar-refractivity contribution in [3.8, 4) is 0 Å². The molecule has 0 N–H and O–H groups in total. The number of carbonyl (C=O) groups excluding carboxylic acids is 4. The van der Waals surface area contributed by atoms with Gasteiger partial charge < -0.3 is 29.1 Å². The van der Waals surface area contributed by atoms with Crippen LogP contribution in [0.5, 0.6) is 0 Å². The van der Waals surface area contributed by atoms with E-state index < -0.39 is 11.2 Å². The predicted molar refractivity (Wildman–Crippen MR) is 165 cm³/mol. The van der Waals surface area contributed by atoms with Crippen LogP contribution in [0.1, 0.15) is 80.1 Å². The second-order valence-corrected chi connectivity index (χ2v) is 15.1. The molecular formula is C32H54N6O6. The molecule has 4 saturated heterocycles. The molecule has 2 atom stereocenters. The first-order valence-corrected chi connectivity index (χ1v) is 16.7. The molecule has 6 rings (SSSR count). The number of carbonyl (C=O) groups is 4. The van der Waals surface area contributed by atoms with Crippen molar-refractivity contribution in [1.29, 1.82) is 0 Å². The van der Waals surface area contributed by atoms with Gasteiger partial charge >= 0.3 is 12.2 Å². The van der Waals surface area contributed by atoms with Gasteiger partial charge in [-0.1, -0.05) is 0 Å². The Bertz CT molecular complexity index is 980. The van der Waals surface area contributed by atoms with Crippen molar-refractivity contribution in [3.63, 3.8) is 0 Å². The fourth-order valence-corrected chi connectivity index (χ4v) is 6.63. The lowest BCUT2D eigenvalue weighted by atomic mass is 10.2. The lowest BCUT2D eigenvalue weighted by Crippen LogP contribution is -2.54. The summed E-state index contributed by atoms with van der Waals surface area (Å²) >= 11 is 0. The maximum absolute atomic E-state index is 12.5. The number of ether oxygens (including phenoxy) is 2. The summed E-state index contributed by atoms with van der Waals surface area (Å²) in [7, 11) is 0. The highest BCUT2D eigenvalue weighted by Crippen LogP contribution is 2.33. The van der Waals surface area contributed by atoms with Crippen molar-refractivity contribution >= 4 is 24.0 Å². The minimum Gasteiger partial charge on any atom is -0.444 e. The molecule has 0 unspecified atom stereocenters. The van der Waals surface area contributed by atoms with Crippen molar-refractivity contribution in [2.45, 2.75) is 115 Å². The zero-order valence-corrected chi connectivity index (χ0v) is 27.8. The normalized spacial score (nSPS) is 27.4. The van der Waals surface area contributed by atoms with E-state index in [9.17, 15) is 19.2 Å². The van der Waals surface area contributed by atoms with Crippen LogP contribution in [-0.4, -0.2) is 154 Å². The first-order valence-electron chi connectivity index (χ1n) is 16.7. The summed E-state index contributed by atoms with van der Waals surface area (Å²) in [5, 5.41) is 0. The molecule has 6 fully saturated rings. The fourth-order valence-electron chi connectivity index (χ4n) is 6.63. The minimum absolute atomic E-state index is 0.0291. The van der Waals surface area contributed by atoms with Crippen molar-refractivity contribution in [3.05, 3.63) is 0 Å². The summed E-state index contributed by atoms with van der Waals surface area (Å²) in [5.74, 6) is 0.599.